The molecule has 16 heavy (non-hydrogen) atoms. The first kappa shape index (κ1) is 11.9. The smallest absolute Gasteiger partial charge is 0.191 e. The van der Waals surface area contributed by atoms with Gasteiger partial charge in [0, 0.05) is 12.3 Å². The number of rotatable bonds is 3. The molecule has 2 N–H and O–H groups in total. The van der Waals surface area contributed by atoms with Gasteiger partial charge in [0.2, 0.25) is 0 Å². The average Bonchev–Trinajstić information content (AvgIpc) is 2.65. The number of hydrogen-bond acceptors (Lipinski definition) is 4. The molecule has 0 bridgehead atoms. The number of nitrogens with zero attached hydrogens (tertiary/aromatic N) is 3. The summed E-state index contributed by atoms with van der Waals surface area (Å²) in [7, 11) is 1.99. The molecule has 5 heteroatoms. The maximum Gasteiger partial charge on any atom is 0.191 e. The second-order valence-electron chi connectivity index (χ2n) is 4.79. The van der Waals surface area contributed by atoms with Gasteiger partial charge >= 0.3 is 0 Å². The van der Waals surface area contributed by atoms with Crippen molar-refractivity contribution in [1.82, 2.24) is 14.8 Å². The van der Waals surface area contributed by atoms with Crippen LogP contribution in [-0.2, 0) is 7.05 Å². The Morgan fingerprint density at radius 1 is 1.56 bits per heavy atom. The third kappa shape index (κ3) is 2.58. The van der Waals surface area contributed by atoms with Gasteiger partial charge in [-0.3, -0.25) is 0 Å². The van der Waals surface area contributed by atoms with Crippen molar-refractivity contribution in [3.63, 3.8) is 0 Å². The fourth-order valence-corrected chi connectivity index (χ4v) is 3.76. The minimum atomic E-state index is 0.608. The van der Waals surface area contributed by atoms with Crippen LogP contribution in [-0.4, -0.2) is 26.6 Å². The maximum absolute atomic E-state index is 5.85. The van der Waals surface area contributed by atoms with Crippen molar-refractivity contribution in [1.29, 1.82) is 0 Å². The van der Waals surface area contributed by atoms with Crippen LogP contribution in [0.25, 0.3) is 0 Å². The summed E-state index contributed by atoms with van der Waals surface area (Å²) in [6.45, 7) is 3.12. The molecule has 3 unspecified atom stereocenters. The molecule has 1 aliphatic carbocycles. The van der Waals surface area contributed by atoms with E-state index in [1.165, 1.54) is 19.3 Å². The summed E-state index contributed by atoms with van der Waals surface area (Å²) < 4.78 is 1.98. The van der Waals surface area contributed by atoms with Crippen LogP contribution in [0.3, 0.4) is 0 Å². The Balaban J connectivity index is 2.03. The van der Waals surface area contributed by atoms with Gasteiger partial charge in [-0.15, -0.1) is 10.2 Å². The highest BCUT2D eigenvalue weighted by molar-refractivity contribution is 7.99. The summed E-state index contributed by atoms with van der Waals surface area (Å²) in [5.41, 5.74) is 5.85. The van der Waals surface area contributed by atoms with Gasteiger partial charge in [0.1, 0.15) is 6.33 Å². The van der Waals surface area contributed by atoms with Gasteiger partial charge in [-0.05, 0) is 31.2 Å². The van der Waals surface area contributed by atoms with E-state index in [1.54, 1.807) is 6.33 Å². The predicted molar refractivity (Wildman–Crippen MR) is 66.2 cm³/mol. The Labute approximate surface area is 101 Å². The summed E-state index contributed by atoms with van der Waals surface area (Å²) in [5.74, 6) is 1.45. The van der Waals surface area contributed by atoms with E-state index in [-0.39, 0.29) is 0 Å². The standard InChI is InChI=1S/C11H20N4S/c1-8-3-4-9(6-12)10(5-8)16-11-14-13-7-15(11)2/h7-10H,3-6,12H2,1-2H3. The van der Waals surface area contributed by atoms with Crippen molar-refractivity contribution in [3.05, 3.63) is 6.33 Å². The summed E-state index contributed by atoms with van der Waals surface area (Å²) in [4.78, 5) is 0. The lowest BCUT2D eigenvalue weighted by Gasteiger charge is -2.33. The molecule has 1 aromatic heterocycles. The minimum Gasteiger partial charge on any atom is -0.330 e. The van der Waals surface area contributed by atoms with Gasteiger partial charge in [-0.25, -0.2) is 0 Å². The van der Waals surface area contributed by atoms with Crippen LogP contribution >= 0.6 is 11.8 Å². The van der Waals surface area contributed by atoms with Crippen molar-refractivity contribution in [2.24, 2.45) is 24.6 Å². The minimum absolute atomic E-state index is 0.608. The van der Waals surface area contributed by atoms with Gasteiger partial charge in [0.25, 0.3) is 0 Å². The average molecular weight is 240 g/mol. The molecule has 1 aromatic rings. The number of aryl methyl sites for hydroxylation is 1. The van der Waals surface area contributed by atoms with Crippen molar-refractivity contribution < 1.29 is 0 Å². The summed E-state index contributed by atoms with van der Waals surface area (Å²) >= 11 is 1.84. The fraction of sp³-hybridized carbons (Fsp3) is 0.818. The first-order valence-corrected chi connectivity index (χ1v) is 6.79. The molecule has 1 saturated carbocycles. The highest BCUT2D eigenvalue weighted by Crippen LogP contribution is 2.38. The molecule has 0 spiro atoms. The SMILES string of the molecule is CC1CCC(CN)C(Sc2nncn2C)C1. The highest BCUT2D eigenvalue weighted by Gasteiger charge is 2.29. The third-order valence-corrected chi connectivity index (χ3v) is 4.88. The third-order valence-electron chi connectivity index (χ3n) is 3.42. The van der Waals surface area contributed by atoms with Crippen LogP contribution in [0.15, 0.2) is 11.5 Å². The monoisotopic (exact) mass is 240 g/mol. The van der Waals surface area contributed by atoms with Crippen LogP contribution in [0.1, 0.15) is 26.2 Å². The second-order valence-corrected chi connectivity index (χ2v) is 6.00. The zero-order valence-electron chi connectivity index (χ0n) is 9.97. The molecule has 0 aliphatic heterocycles. The van der Waals surface area contributed by atoms with E-state index >= 15 is 0 Å². The topological polar surface area (TPSA) is 56.7 Å². The second kappa shape index (κ2) is 5.19. The summed E-state index contributed by atoms with van der Waals surface area (Å²) in [6.07, 6.45) is 5.58. The van der Waals surface area contributed by atoms with E-state index in [2.05, 4.69) is 17.1 Å². The van der Waals surface area contributed by atoms with Crippen molar-refractivity contribution in [2.45, 2.75) is 36.6 Å². The van der Waals surface area contributed by atoms with Gasteiger partial charge in [0.05, 0.1) is 0 Å². The Morgan fingerprint density at radius 2 is 2.38 bits per heavy atom. The zero-order valence-corrected chi connectivity index (χ0v) is 10.8. The molecular formula is C11H20N4S. The fourth-order valence-electron chi connectivity index (χ4n) is 2.32. The largest absolute Gasteiger partial charge is 0.330 e. The predicted octanol–water partition coefficient (Wildman–Crippen LogP) is 1.67. The molecule has 4 nitrogen and oxygen atoms in total. The van der Waals surface area contributed by atoms with Crippen LogP contribution in [0, 0.1) is 11.8 Å². The van der Waals surface area contributed by atoms with Gasteiger partial charge in [0.15, 0.2) is 5.16 Å². The number of thioether (sulfide) groups is 1. The molecule has 2 rings (SSSR count). The molecule has 0 radical (unpaired) electrons. The molecule has 0 amide bonds. The van der Waals surface area contributed by atoms with E-state index in [1.807, 2.05) is 23.4 Å². The first-order valence-electron chi connectivity index (χ1n) is 5.91. The normalized spacial score (nSPS) is 30.6. The molecular weight excluding hydrogens is 220 g/mol. The van der Waals surface area contributed by atoms with Gasteiger partial charge in [-0.1, -0.05) is 25.1 Å². The molecule has 1 aliphatic rings. The maximum atomic E-state index is 5.85. The quantitative estimate of drug-likeness (QED) is 0.873. The van der Waals surface area contributed by atoms with Gasteiger partial charge in [-0.2, -0.15) is 0 Å². The zero-order chi connectivity index (χ0) is 11.5. The Morgan fingerprint density at radius 3 is 3.00 bits per heavy atom. The lowest BCUT2D eigenvalue weighted by atomic mass is 9.82. The Kier molecular flexibility index (Phi) is 3.86. The lowest BCUT2D eigenvalue weighted by Crippen LogP contribution is -2.31. The first-order chi connectivity index (χ1) is 7.70. The Bertz CT molecular complexity index is 338. The Hall–Kier alpha value is -0.550. The van der Waals surface area contributed by atoms with Crippen molar-refractivity contribution >= 4 is 11.8 Å². The number of hydrogen-bond donors (Lipinski definition) is 1. The van der Waals surface area contributed by atoms with Crippen LogP contribution < -0.4 is 5.73 Å². The van der Waals surface area contributed by atoms with Gasteiger partial charge < -0.3 is 10.3 Å². The molecule has 0 aromatic carbocycles. The molecule has 3 atom stereocenters. The number of aromatic nitrogens is 3. The van der Waals surface area contributed by atoms with E-state index in [4.69, 9.17) is 5.73 Å². The summed E-state index contributed by atoms with van der Waals surface area (Å²) in [5, 5.41) is 9.68. The van der Waals surface area contributed by atoms with E-state index in [0.717, 1.165) is 17.6 Å². The van der Waals surface area contributed by atoms with E-state index in [9.17, 15) is 0 Å². The number of nitrogens with two attached hydrogens (primary N) is 1. The lowest BCUT2D eigenvalue weighted by molar-refractivity contribution is 0.305. The van der Waals surface area contributed by atoms with Crippen molar-refractivity contribution in [3.8, 4) is 0 Å². The molecule has 0 saturated heterocycles. The van der Waals surface area contributed by atoms with E-state index in [0.29, 0.717) is 11.2 Å². The van der Waals surface area contributed by atoms with Crippen LogP contribution in [0.4, 0.5) is 0 Å². The van der Waals surface area contributed by atoms with Crippen LogP contribution in [0.2, 0.25) is 0 Å². The molecule has 1 heterocycles. The molecule has 90 valence electrons. The van der Waals surface area contributed by atoms with Crippen molar-refractivity contribution in [2.75, 3.05) is 6.54 Å². The molecule has 1 fully saturated rings. The van der Waals surface area contributed by atoms with E-state index < -0.39 is 0 Å². The highest BCUT2D eigenvalue weighted by atomic mass is 32.2. The summed E-state index contributed by atoms with van der Waals surface area (Å²) in [6, 6.07) is 0. The van der Waals surface area contributed by atoms with Crippen LogP contribution in [0.5, 0.6) is 0 Å².